The van der Waals surface area contributed by atoms with Gasteiger partial charge in [-0.15, -0.1) is 0 Å². The Labute approximate surface area is 106 Å². The summed E-state index contributed by atoms with van der Waals surface area (Å²) in [5.41, 5.74) is 9.40. The normalized spacial score (nSPS) is 10.4. The van der Waals surface area contributed by atoms with E-state index in [1.54, 1.807) is 6.07 Å². The smallest absolute Gasteiger partial charge is 0.142 e. The summed E-state index contributed by atoms with van der Waals surface area (Å²) in [5, 5.41) is 0. The molecular formula is C15H16FNO. The molecule has 0 fully saturated rings. The minimum atomic E-state index is -0.230. The van der Waals surface area contributed by atoms with E-state index in [4.69, 9.17) is 10.5 Å². The SMILES string of the molecule is Cc1cc(F)ccc1COc1cccc(C)c1N. The number of ether oxygens (including phenoxy) is 1. The average Bonchev–Trinajstić information content (AvgIpc) is 2.33. The molecule has 94 valence electrons. The first-order chi connectivity index (χ1) is 8.58. The molecule has 0 aliphatic heterocycles. The van der Waals surface area contributed by atoms with Gasteiger partial charge in [0.1, 0.15) is 18.2 Å². The molecular weight excluding hydrogens is 229 g/mol. The monoisotopic (exact) mass is 245 g/mol. The van der Waals surface area contributed by atoms with Gasteiger partial charge in [0, 0.05) is 0 Å². The number of halogens is 1. The maximum absolute atomic E-state index is 13.0. The molecule has 0 spiro atoms. The maximum atomic E-state index is 13.0. The summed E-state index contributed by atoms with van der Waals surface area (Å²) in [7, 11) is 0. The van der Waals surface area contributed by atoms with Crippen LogP contribution < -0.4 is 10.5 Å². The minimum absolute atomic E-state index is 0.230. The quantitative estimate of drug-likeness (QED) is 0.838. The van der Waals surface area contributed by atoms with Crippen molar-refractivity contribution in [3.05, 3.63) is 58.9 Å². The van der Waals surface area contributed by atoms with Crippen molar-refractivity contribution in [2.45, 2.75) is 20.5 Å². The number of anilines is 1. The van der Waals surface area contributed by atoms with E-state index < -0.39 is 0 Å². The highest BCUT2D eigenvalue weighted by atomic mass is 19.1. The highest BCUT2D eigenvalue weighted by Crippen LogP contribution is 2.25. The fourth-order valence-corrected chi connectivity index (χ4v) is 1.76. The third-order valence-corrected chi connectivity index (χ3v) is 2.97. The number of aryl methyl sites for hydroxylation is 2. The maximum Gasteiger partial charge on any atom is 0.142 e. The van der Waals surface area contributed by atoms with Crippen LogP contribution in [0.15, 0.2) is 36.4 Å². The molecule has 2 aromatic carbocycles. The van der Waals surface area contributed by atoms with Crippen LogP contribution in [0.4, 0.5) is 10.1 Å². The summed E-state index contributed by atoms with van der Waals surface area (Å²) in [6.07, 6.45) is 0. The molecule has 0 atom stereocenters. The molecule has 0 aromatic heterocycles. The van der Waals surface area contributed by atoms with E-state index in [-0.39, 0.29) is 5.82 Å². The molecule has 2 N–H and O–H groups in total. The van der Waals surface area contributed by atoms with Gasteiger partial charge in [0.2, 0.25) is 0 Å². The molecule has 0 radical (unpaired) electrons. The highest BCUT2D eigenvalue weighted by molar-refractivity contribution is 5.57. The zero-order valence-electron chi connectivity index (χ0n) is 10.5. The molecule has 0 amide bonds. The Morgan fingerprint density at radius 1 is 1.11 bits per heavy atom. The lowest BCUT2D eigenvalue weighted by Crippen LogP contribution is -2.01. The first-order valence-electron chi connectivity index (χ1n) is 5.81. The molecule has 0 aliphatic carbocycles. The number of nitrogen functional groups attached to an aromatic ring is 1. The van der Waals surface area contributed by atoms with Crippen molar-refractivity contribution in [2.24, 2.45) is 0 Å². The van der Waals surface area contributed by atoms with Gasteiger partial charge in [-0.1, -0.05) is 18.2 Å². The van der Waals surface area contributed by atoms with Crippen molar-refractivity contribution < 1.29 is 9.13 Å². The predicted molar refractivity (Wildman–Crippen MR) is 71.1 cm³/mol. The molecule has 0 saturated heterocycles. The molecule has 2 rings (SSSR count). The zero-order valence-corrected chi connectivity index (χ0v) is 10.5. The second kappa shape index (κ2) is 5.08. The Morgan fingerprint density at radius 3 is 2.61 bits per heavy atom. The first-order valence-corrected chi connectivity index (χ1v) is 5.81. The van der Waals surface area contributed by atoms with E-state index in [0.29, 0.717) is 18.0 Å². The molecule has 0 saturated carbocycles. The summed E-state index contributed by atoms with van der Waals surface area (Å²) >= 11 is 0. The van der Waals surface area contributed by atoms with Gasteiger partial charge in [-0.25, -0.2) is 4.39 Å². The van der Waals surface area contributed by atoms with E-state index in [1.807, 2.05) is 32.0 Å². The van der Waals surface area contributed by atoms with E-state index >= 15 is 0 Å². The van der Waals surface area contributed by atoms with Crippen LogP contribution in [-0.4, -0.2) is 0 Å². The number of para-hydroxylation sites is 1. The van der Waals surface area contributed by atoms with Gasteiger partial charge in [-0.05, 0) is 48.7 Å². The van der Waals surface area contributed by atoms with E-state index in [0.717, 1.165) is 16.7 Å². The third-order valence-electron chi connectivity index (χ3n) is 2.97. The first kappa shape index (κ1) is 12.4. The van der Waals surface area contributed by atoms with Gasteiger partial charge in [-0.3, -0.25) is 0 Å². The van der Waals surface area contributed by atoms with Gasteiger partial charge in [0.25, 0.3) is 0 Å². The van der Waals surface area contributed by atoms with Crippen LogP contribution in [0.2, 0.25) is 0 Å². The molecule has 3 heteroatoms. The fourth-order valence-electron chi connectivity index (χ4n) is 1.76. The Kier molecular flexibility index (Phi) is 3.51. The van der Waals surface area contributed by atoms with Gasteiger partial charge < -0.3 is 10.5 Å². The second-order valence-corrected chi connectivity index (χ2v) is 4.35. The van der Waals surface area contributed by atoms with Crippen LogP contribution in [-0.2, 0) is 6.61 Å². The van der Waals surface area contributed by atoms with Crippen molar-refractivity contribution in [3.8, 4) is 5.75 Å². The summed E-state index contributed by atoms with van der Waals surface area (Å²) in [6.45, 7) is 4.19. The number of rotatable bonds is 3. The van der Waals surface area contributed by atoms with Crippen LogP contribution in [0.25, 0.3) is 0 Å². The lowest BCUT2D eigenvalue weighted by Gasteiger charge is -2.12. The summed E-state index contributed by atoms with van der Waals surface area (Å²) in [4.78, 5) is 0. The Hall–Kier alpha value is -2.03. The lowest BCUT2D eigenvalue weighted by atomic mass is 10.1. The summed E-state index contributed by atoms with van der Waals surface area (Å²) < 4.78 is 18.6. The average molecular weight is 245 g/mol. The predicted octanol–water partition coefficient (Wildman–Crippen LogP) is 3.60. The van der Waals surface area contributed by atoms with E-state index in [2.05, 4.69) is 0 Å². The molecule has 0 aliphatic rings. The van der Waals surface area contributed by atoms with E-state index in [1.165, 1.54) is 12.1 Å². The summed E-state index contributed by atoms with van der Waals surface area (Å²) in [5.74, 6) is 0.435. The molecule has 0 bridgehead atoms. The summed E-state index contributed by atoms with van der Waals surface area (Å²) in [6, 6.07) is 10.3. The van der Waals surface area contributed by atoms with Gasteiger partial charge in [0.05, 0.1) is 5.69 Å². The highest BCUT2D eigenvalue weighted by Gasteiger charge is 2.05. The molecule has 18 heavy (non-hydrogen) atoms. The van der Waals surface area contributed by atoms with Gasteiger partial charge >= 0.3 is 0 Å². The lowest BCUT2D eigenvalue weighted by molar-refractivity contribution is 0.307. The number of benzene rings is 2. The third kappa shape index (κ3) is 2.62. The standard InChI is InChI=1S/C15H16FNO/c1-10-4-3-5-14(15(10)17)18-9-12-6-7-13(16)8-11(12)2/h3-8H,9,17H2,1-2H3. The van der Waals surface area contributed by atoms with Crippen molar-refractivity contribution in [3.63, 3.8) is 0 Å². The van der Waals surface area contributed by atoms with Crippen LogP contribution in [0, 0.1) is 19.7 Å². The Bertz CT molecular complexity index is 566. The van der Waals surface area contributed by atoms with Crippen LogP contribution >= 0.6 is 0 Å². The Balaban J connectivity index is 2.14. The van der Waals surface area contributed by atoms with Crippen molar-refractivity contribution >= 4 is 5.69 Å². The number of nitrogens with two attached hydrogens (primary N) is 1. The topological polar surface area (TPSA) is 35.2 Å². The van der Waals surface area contributed by atoms with E-state index in [9.17, 15) is 4.39 Å². The van der Waals surface area contributed by atoms with Gasteiger partial charge in [-0.2, -0.15) is 0 Å². The van der Waals surface area contributed by atoms with Gasteiger partial charge in [0.15, 0.2) is 0 Å². The van der Waals surface area contributed by atoms with Crippen molar-refractivity contribution in [1.82, 2.24) is 0 Å². The van der Waals surface area contributed by atoms with Crippen LogP contribution in [0.5, 0.6) is 5.75 Å². The second-order valence-electron chi connectivity index (χ2n) is 4.35. The number of hydrogen-bond donors (Lipinski definition) is 1. The van der Waals surface area contributed by atoms with Crippen molar-refractivity contribution in [2.75, 3.05) is 5.73 Å². The minimum Gasteiger partial charge on any atom is -0.487 e. The molecule has 2 aromatic rings. The van der Waals surface area contributed by atoms with Crippen LogP contribution in [0.3, 0.4) is 0 Å². The van der Waals surface area contributed by atoms with Crippen molar-refractivity contribution in [1.29, 1.82) is 0 Å². The zero-order chi connectivity index (χ0) is 13.1. The largest absolute Gasteiger partial charge is 0.487 e. The molecule has 0 unspecified atom stereocenters. The molecule has 0 heterocycles. The number of hydrogen-bond acceptors (Lipinski definition) is 2. The fraction of sp³-hybridized carbons (Fsp3) is 0.200. The van der Waals surface area contributed by atoms with Crippen LogP contribution in [0.1, 0.15) is 16.7 Å². The molecule has 2 nitrogen and oxygen atoms in total. The Morgan fingerprint density at radius 2 is 1.89 bits per heavy atom.